The van der Waals surface area contributed by atoms with E-state index in [2.05, 4.69) is 0 Å². The number of ketones is 2. The molecule has 0 bridgehead atoms. The maximum absolute atomic E-state index is 12.8. The number of hydrogen-bond donors (Lipinski definition) is 0. The Hall–Kier alpha value is -1.96. The van der Waals surface area contributed by atoms with Crippen LogP contribution in [0, 0.1) is 63.7 Å². The van der Waals surface area contributed by atoms with Gasteiger partial charge in [-0.1, -0.05) is 66.7 Å². The fraction of sp³-hybridized carbons (Fsp3) is 0. The summed E-state index contributed by atoms with van der Waals surface area (Å²) in [5, 5.41) is 0. The summed E-state index contributed by atoms with van der Waals surface area (Å²) in [5.74, 6) is 0.315. The first-order valence-electron chi connectivity index (χ1n) is 9.05. The molecule has 0 atom stereocenters. The van der Waals surface area contributed by atoms with Gasteiger partial charge in [0.25, 0.3) is 0 Å². The Morgan fingerprint density at radius 3 is 1.31 bits per heavy atom. The van der Waals surface area contributed by atoms with Crippen LogP contribution in [0.25, 0.3) is 0 Å². The van der Waals surface area contributed by atoms with Gasteiger partial charge in [-0.3, -0.25) is 9.59 Å². The third-order valence-electron chi connectivity index (χ3n) is 4.12. The molecule has 2 aromatic rings. The molecule has 2 aliphatic rings. The number of allylic oxidation sites excluding steroid dienone is 2. The summed E-state index contributed by atoms with van der Waals surface area (Å²) in [7, 11) is 0. The molecule has 142 valence electrons. The van der Waals surface area contributed by atoms with E-state index in [1.54, 1.807) is 54.6 Å². The second-order valence-corrected chi connectivity index (χ2v) is 6.13. The molecule has 0 aromatic heterocycles. The van der Waals surface area contributed by atoms with Gasteiger partial charge >= 0.3 is 17.1 Å². The maximum atomic E-state index is 12.8. The molecule has 2 aliphatic carbocycles. The van der Waals surface area contributed by atoms with Gasteiger partial charge in [-0.2, -0.15) is 0 Å². The summed E-state index contributed by atoms with van der Waals surface area (Å²) in [5.41, 5.74) is 1.19. The Morgan fingerprint density at radius 1 is 0.552 bits per heavy atom. The summed E-state index contributed by atoms with van der Waals surface area (Å²) in [6, 6.07) is 17.7. The Bertz CT molecular complexity index is 725. The van der Waals surface area contributed by atoms with Gasteiger partial charge in [0.1, 0.15) is 0 Å². The molecule has 0 amide bonds. The number of rotatable bonds is 5. The molecule has 10 radical (unpaired) electrons. The smallest absolute Gasteiger partial charge is 0.288 e. The van der Waals surface area contributed by atoms with Crippen molar-refractivity contribution in [1.29, 1.82) is 0 Å². The molecule has 29 heavy (non-hydrogen) atoms. The minimum atomic E-state index is -0.263. The number of carbonyl (C=O) groups excluding carboxylic acids is 2. The van der Waals surface area contributed by atoms with Crippen molar-refractivity contribution in [2.45, 2.75) is 0 Å². The molecule has 0 saturated heterocycles. The molecule has 2 saturated carbocycles. The third kappa shape index (κ3) is 7.10. The van der Waals surface area contributed by atoms with Crippen LogP contribution in [0.2, 0.25) is 0 Å². The van der Waals surface area contributed by atoms with Crippen LogP contribution in [0.3, 0.4) is 0 Å². The second-order valence-electron chi connectivity index (χ2n) is 6.13. The second kappa shape index (κ2) is 12.6. The minimum absolute atomic E-state index is 0. The maximum Gasteiger partial charge on any atom is 2.00 e. The van der Waals surface area contributed by atoms with E-state index in [1.165, 1.54) is 0 Å². The number of benzene rings is 2. The van der Waals surface area contributed by atoms with E-state index >= 15 is 0 Å². The molecule has 0 aliphatic heterocycles. The van der Waals surface area contributed by atoms with Crippen molar-refractivity contribution < 1.29 is 26.7 Å². The summed E-state index contributed by atoms with van der Waals surface area (Å²) in [6.07, 6.45) is 19.2. The molecule has 0 unspecified atom stereocenters. The Kier molecular flexibility index (Phi) is 10.1. The predicted octanol–water partition coefficient (Wildman–Crippen LogP) is 5.10. The Balaban J connectivity index is 0.000000437. The van der Waals surface area contributed by atoms with Crippen molar-refractivity contribution in [2.24, 2.45) is 0 Å². The van der Waals surface area contributed by atoms with E-state index in [0.717, 1.165) is 5.92 Å². The fourth-order valence-electron chi connectivity index (χ4n) is 2.70. The van der Waals surface area contributed by atoms with Crippen molar-refractivity contribution in [3.8, 4) is 0 Å². The zero-order valence-corrected chi connectivity index (χ0v) is 16.8. The average Bonchev–Trinajstić information content (AvgIpc) is 3.49. The van der Waals surface area contributed by atoms with Crippen LogP contribution in [-0.2, 0) is 17.1 Å². The molecule has 0 N–H and O–H groups in total. The number of Topliss-reactive ketones (excluding diaryl/α,β-unsaturated/α-hetero) is 2. The Morgan fingerprint density at radius 2 is 0.931 bits per heavy atom. The van der Waals surface area contributed by atoms with E-state index in [4.69, 9.17) is 0 Å². The fourth-order valence-corrected chi connectivity index (χ4v) is 2.70. The van der Waals surface area contributed by atoms with Crippen LogP contribution in [0.15, 0.2) is 72.3 Å². The van der Waals surface area contributed by atoms with Crippen molar-refractivity contribution in [3.05, 3.63) is 147 Å². The van der Waals surface area contributed by atoms with Gasteiger partial charge in [0.2, 0.25) is 0 Å². The first-order chi connectivity index (χ1) is 13.8. The molecule has 2 nitrogen and oxygen atoms in total. The van der Waals surface area contributed by atoms with Crippen molar-refractivity contribution >= 4 is 11.6 Å². The van der Waals surface area contributed by atoms with E-state index < -0.39 is 0 Å². The largest absolute Gasteiger partial charge is 2.00 e. The summed E-state index contributed by atoms with van der Waals surface area (Å²) in [6.45, 7) is 0. The minimum Gasteiger partial charge on any atom is -0.288 e. The topological polar surface area (TPSA) is 34.1 Å². The molecule has 3 heteroatoms. The van der Waals surface area contributed by atoms with Gasteiger partial charge in [-0.25, -0.2) is 0 Å². The molecule has 2 aromatic carbocycles. The van der Waals surface area contributed by atoms with E-state index in [-0.39, 0.29) is 34.2 Å². The molecule has 4 rings (SSSR count). The van der Waals surface area contributed by atoms with Crippen molar-refractivity contribution in [1.82, 2.24) is 0 Å². The zero-order valence-electron chi connectivity index (χ0n) is 15.7. The van der Waals surface area contributed by atoms with Crippen LogP contribution < -0.4 is 0 Å². The molecular formula is C26H20FeO2+2. The average molecular weight is 420 g/mol. The van der Waals surface area contributed by atoms with Crippen LogP contribution in [0.4, 0.5) is 0 Å². The van der Waals surface area contributed by atoms with Crippen molar-refractivity contribution in [2.75, 3.05) is 0 Å². The van der Waals surface area contributed by atoms with Gasteiger partial charge < -0.3 is 0 Å². The predicted molar refractivity (Wildman–Crippen MR) is 112 cm³/mol. The van der Waals surface area contributed by atoms with Crippen LogP contribution in [-0.4, -0.2) is 11.6 Å². The molecular weight excluding hydrogens is 400 g/mol. The normalized spacial score (nSPS) is 15.6. The first kappa shape index (κ1) is 23.3. The monoisotopic (exact) mass is 420 g/mol. The summed E-state index contributed by atoms with van der Waals surface area (Å²) in [4.78, 5) is 25.6. The van der Waals surface area contributed by atoms with Crippen LogP contribution in [0.5, 0.6) is 0 Å². The van der Waals surface area contributed by atoms with Gasteiger partial charge in [0.15, 0.2) is 11.6 Å². The number of hydrogen-bond acceptors (Lipinski definition) is 2. The standard InChI is InChI=1S/C21H15O2.C5H5.Fe/c22-20(17-11-3-1-4-12-17)19(15-16-9-7-8-10-16)21(23)18-13-5-2-6-14-18;1-2-4-5-3-1;/h1-15H;1-5H;/q;;+2. The van der Waals surface area contributed by atoms with E-state index in [1.807, 2.05) is 69.9 Å². The number of carbonyl (C=O) groups is 2. The van der Waals surface area contributed by atoms with Crippen LogP contribution >= 0.6 is 0 Å². The summed E-state index contributed by atoms with van der Waals surface area (Å²) < 4.78 is 0. The summed E-state index contributed by atoms with van der Waals surface area (Å²) >= 11 is 0. The first-order valence-corrected chi connectivity index (χ1v) is 9.05. The van der Waals surface area contributed by atoms with Gasteiger partial charge in [-0.15, -0.1) is 0 Å². The van der Waals surface area contributed by atoms with Crippen LogP contribution in [0.1, 0.15) is 20.7 Å². The quantitative estimate of drug-likeness (QED) is 0.222. The van der Waals surface area contributed by atoms with E-state index in [0.29, 0.717) is 11.1 Å². The molecule has 0 spiro atoms. The third-order valence-corrected chi connectivity index (χ3v) is 4.12. The zero-order chi connectivity index (χ0) is 19.6. The Labute approximate surface area is 185 Å². The SMILES string of the molecule is O=C(C(=C[C]1[CH][CH][CH][CH]1)C(=O)c1ccccc1)c1ccccc1.[CH]1[CH][CH][CH][CH]1.[Fe+2]. The van der Waals surface area contributed by atoms with Crippen molar-refractivity contribution in [3.63, 3.8) is 0 Å². The van der Waals surface area contributed by atoms with Gasteiger partial charge in [0.05, 0.1) is 5.57 Å². The van der Waals surface area contributed by atoms with Gasteiger partial charge in [-0.05, 0) is 57.8 Å². The molecule has 2 fully saturated rings. The van der Waals surface area contributed by atoms with Gasteiger partial charge in [0, 0.05) is 17.0 Å². The molecule has 0 heterocycles. The van der Waals surface area contributed by atoms with E-state index in [9.17, 15) is 9.59 Å².